The van der Waals surface area contributed by atoms with Gasteiger partial charge in [0, 0.05) is 38.1 Å². The minimum Gasteiger partial charge on any atom is -0.352 e. The van der Waals surface area contributed by atoms with E-state index in [2.05, 4.69) is 27.3 Å². The number of carbonyl (C=O) groups excluding carboxylic acids is 1. The number of piperazine rings is 1. The first kappa shape index (κ1) is 16.2. The Morgan fingerprint density at radius 1 is 1.08 bits per heavy atom. The molecule has 130 valence electrons. The van der Waals surface area contributed by atoms with Crippen LogP contribution in [-0.2, 0) is 12.8 Å². The Hall–Kier alpha value is -2.27. The number of fused-ring (bicyclic) bond motifs is 1. The molecule has 2 amide bonds. The fourth-order valence-electron chi connectivity index (χ4n) is 3.58. The summed E-state index contributed by atoms with van der Waals surface area (Å²) in [5.74, 6) is 0.794. The van der Waals surface area contributed by atoms with Crippen molar-refractivity contribution in [2.75, 3.05) is 36.4 Å². The Morgan fingerprint density at radius 3 is 2.68 bits per heavy atom. The fraction of sp³-hybridized carbons (Fsp3) is 0.368. The molecule has 2 heterocycles. The lowest BCUT2D eigenvalue weighted by molar-refractivity contribution is 0.208. The molecule has 1 aliphatic heterocycles. The first-order valence-corrected chi connectivity index (χ1v) is 9.12. The van der Waals surface area contributed by atoms with Gasteiger partial charge in [-0.15, -0.1) is 0 Å². The summed E-state index contributed by atoms with van der Waals surface area (Å²) in [6, 6.07) is 9.89. The number of aryl methyl sites for hydroxylation is 2. The van der Waals surface area contributed by atoms with Crippen LogP contribution >= 0.6 is 11.6 Å². The highest BCUT2D eigenvalue weighted by molar-refractivity contribution is 6.32. The average molecular weight is 357 g/mol. The molecule has 1 N–H and O–H groups in total. The zero-order valence-corrected chi connectivity index (χ0v) is 14.8. The van der Waals surface area contributed by atoms with Gasteiger partial charge in [0.2, 0.25) is 0 Å². The molecule has 1 aromatic carbocycles. The van der Waals surface area contributed by atoms with Gasteiger partial charge in [-0.25, -0.2) is 9.78 Å². The highest BCUT2D eigenvalue weighted by Crippen LogP contribution is 2.26. The zero-order chi connectivity index (χ0) is 17.2. The van der Waals surface area contributed by atoms with Crippen molar-refractivity contribution >= 4 is 29.1 Å². The average Bonchev–Trinajstić information content (AvgIpc) is 3.10. The standard InChI is InChI=1S/C19H21ClN4O/c20-17-5-2-8-21-18(17)23-9-11-24(12-10-23)19(25)22-16-7-6-14-3-1-4-15(14)13-16/h2,5-8,13H,1,3-4,9-12H2,(H,22,25). The number of aromatic nitrogens is 1. The van der Waals surface area contributed by atoms with Crippen molar-refractivity contribution in [2.24, 2.45) is 0 Å². The van der Waals surface area contributed by atoms with Gasteiger partial charge in [-0.3, -0.25) is 0 Å². The third kappa shape index (κ3) is 3.42. The summed E-state index contributed by atoms with van der Waals surface area (Å²) < 4.78 is 0. The summed E-state index contributed by atoms with van der Waals surface area (Å²) >= 11 is 6.21. The molecule has 0 radical (unpaired) electrons. The first-order chi connectivity index (χ1) is 12.2. The Kier molecular flexibility index (Phi) is 4.49. The van der Waals surface area contributed by atoms with Crippen molar-refractivity contribution in [3.8, 4) is 0 Å². The van der Waals surface area contributed by atoms with E-state index in [0.717, 1.165) is 37.4 Å². The molecule has 5 nitrogen and oxygen atoms in total. The number of anilines is 2. The number of urea groups is 1. The molecule has 0 unspecified atom stereocenters. The number of halogens is 1. The van der Waals surface area contributed by atoms with Gasteiger partial charge in [0.05, 0.1) is 5.02 Å². The van der Waals surface area contributed by atoms with Crippen molar-refractivity contribution in [3.05, 3.63) is 52.7 Å². The van der Waals surface area contributed by atoms with Crippen LogP contribution in [-0.4, -0.2) is 42.1 Å². The lowest BCUT2D eigenvalue weighted by Gasteiger charge is -2.35. The summed E-state index contributed by atoms with van der Waals surface area (Å²) in [4.78, 5) is 20.9. The number of hydrogen-bond acceptors (Lipinski definition) is 3. The van der Waals surface area contributed by atoms with Crippen molar-refractivity contribution in [2.45, 2.75) is 19.3 Å². The first-order valence-electron chi connectivity index (χ1n) is 8.74. The summed E-state index contributed by atoms with van der Waals surface area (Å²) in [6.45, 7) is 2.77. The van der Waals surface area contributed by atoms with Crippen LogP contribution in [0.1, 0.15) is 17.5 Å². The normalized spacial score (nSPS) is 16.7. The third-order valence-corrected chi connectivity index (χ3v) is 5.25. The maximum Gasteiger partial charge on any atom is 0.321 e. The van der Waals surface area contributed by atoms with E-state index in [1.54, 1.807) is 6.20 Å². The molecule has 1 saturated heterocycles. The van der Waals surface area contributed by atoms with Crippen LogP contribution in [0.4, 0.5) is 16.3 Å². The summed E-state index contributed by atoms with van der Waals surface area (Å²) in [5, 5.41) is 3.69. The maximum absolute atomic E-state index is 12.5. The van der Waals surface area contributed by atoms with Crippen LogP contribution in [0.15, 0.2) is 36.5 Å². The van der Waals surface area contributed by atoms with E-state index in [4.69, 9.17) is 11.6 Å². The lowest BCUT2D eigenvalue weighted by atomic mass is 10.1. The zero-order valence-electron chi connectivity index (χ0n) is 14.0. The monoisotopic (exact) mass is 356 g/mol. The molecule has 0 bridgehead atoms. The van der Waals surface area contributed by atoms with Gasteiger partial charge in [0.25, 0.3) is 0 Å². The van der Waals surface area contributed by atoms with Crippen LogP contribution in [0.25, 0.3) is 0 Å². The Balaban J connectivity index is 1.36. The van der Waals surface area contributed by atoms with Gasteiger partial charge in [-0.05, 0) is 54.7 Å². The number of amides is 2. The number of carbonyl (C=O) groups is 1. The highest BCUT2D eigenvalue weighted by Gasteiger charge is 2.23. The molecule has 4 rings (SSSR count). The van der Waals surface area contributed by atoms with Crippen LogP contribution < -0.4 is 10.2 Å². The summed E-state index contributed by atoms with van der Waals surface area (Å²) in [6.07, 6.45) is 5.23. The second-order valence-corrected chi connectivity index (χ2v) is 6.96. The van der Waals surface area contributed by atoms with Gasteiger partial charge >= 0.3 is 6.03 Å². The molecule has 0 atom stereocenters. The topological polar surface area (TPSA) is 48.5 Å². The number of pyridine rings is 1. The van der Waals surface area contributed by atoms with Gasteiger partial charge in [-0.2, -0.15) is 0 Å². The molecular formula is C19H21ClN4O. The van der Waals surface area contributed by atoms with Gasteiger partial charge in [0.1, 0.15) is 5.82 Å². The molecule has 1 aromatic heterocycles. The molecule has 2 aliphatic rings. The Bertz CT molecular complexity index is 787. The fourth-order valence-corrected chi connectivity index (χ4v) is 3.82. The summed E-state index contributed by atoms with van der Waals surface area (Å²) in [5.41, 5.74) is 3.67. The van der Waals surface area contributed by atoms with Crippen molar-refractivity contribution in [1.29, 1.82) is 0 Å². The number of nitrogens with zero attached hydrogens (tertiary/aromatic N) is 3. The number of rotatable bonds is 2. The van der Waals surface area contributed by atoms with Crippen LogP contribution in [0.5, 0.6) is 0 Å². The second kappa shape index (κ2) is 6.92. The largest absolute Gasteiger partial charge is 0.352 e. The van der Waals surface area contributed by atoms with E-state index in [1.807, 2.05) is 23.1 Å². The Labute approximate surface area is 152 Å². The second-order valence-electron chi connectivity index (χ2n) is 6.55. The van der Waals surface area contributed by atoms with Crippen molar-refractivity contribution in [3.63, 3.8) is 0 Å². The molecule has 1 fully saturated rings. The highest BCUT2D eigenvalue weighted by atomic mass is 35.5. The van der Waals surface area contributed by atoms with E-state index in [-0.39, 0.29) is 6.03 Å². The smallest absolute Gasteiger partial charge is 0.321 e. The molecule has 1 aliphatic carbocycles. The molecule has 6 heteroatoms. The van der Waals surface area contributed by atoms with E-state index in [1.165, 1.54) is 17.5 Å². The number of nitrogens with one attached hydrogen (secondary N) is 1. The minimum absolute atomic E-state index is 0.0373. The van der Waals surface area contributed by atoms with Crippen molar-refractivity contribution in [1.82, 2.24) is 9.88 Å². The van der Waals surface area contributed by atoms with E-state index < -0.39 is 0 Å². The van der Waals surface area contributed by atoms with E-state index in [0.29, 0.717) is 18.1 Å². The quantitative estimate of drug-likeness (QED) is 0.894. The SMILES string of the molecule is O=C(Nc1ccc2c(c1)CCC2)N1CCN(c2ncccc2Cl)CC1. The van der Waals surface area contributed by atoms with Crippen LogP contribution in [0.3, 0.4) is 0 Å². The van der Waals surface area contributed by atoms with Crippen LogP contribution in [0.2, 0.25) is 5.02 Å². The van der Waals surface area contributed by atoms with E-state index >= 15 is 0 Å². The number of benzene rings is 1. The molecular weight excluding hydrogens is 336 g/mol. The third-order valence-electron chi connectivity index (χ3n) is 4.96. The van der Waals surface area contributed by atoms with Gasteiger partial charge < -0.3 is 15.1 Å². The lowest BCUT2D eigenvalue weighted by Crippen LogP contribution is -2.50. The van der Waals surface area contributed by atoms with Gasteiger partial charge in [0.15, 0.2) is 0 Å². The molecule has 25 heavy (non-hydrogen) atoms. The van der Waals surface area contributed by atoms with Gasteiger partial charge in [-0.1, -0.05) is 17.7 Å². The van der Waals surface area contributed by atoms with Crippen LogP contribution in [0, 0.1) is 0 Å². The predicted molar refractivity (Wildman–Crippen MR) is 101 cm³/mol. The molecule has 2 aromatic rings. The Morgan fingerprint density at radius 2 is 1.88 bits per heavy atom. The number of hydrogen-bond donors (Lipinski definition) is 1. The molecule has 0 saturated carbocycles. The predicted octanol–water partition coefficient (Wildman–Crippen LogP) is 3.58. The minimum atomic E-state index is -0.0373. The summed E-state index contributed by atoms with van der Waals surface area (Å²) in [7, 11) is 0. The van der Waals surface area contributed by atoms with E-state index in [9.17, 15) is 4.79 Å². The van der Waals surface area contributed by atoms with Crippen molar-refractivity contribution < 1.29 is 4.79 Å². The maximum atomic E-state index is 12.5. The molecule has 0 spiro atoms.